The molecule has 1 aliphatic rings. The minimum Gasteiger partial charge on any atom is -0.382 e. The van der Waals surface area contributed by atoms with Crippen LogP contribution in [0.2, 0.25) is 0 Å². The Labute approximate surface area is 120 Å². The Balaban J connectivity index is 2.10. The number of likely N-dealkylation sites (tertiary alicyclic amines) is 1. The van der Waals surface area contributed by atoms with Crippen molar-refractivity contribution in [2.45, 2.75) is 38.7 Å². The molecule has 0 aromatic rings. The van der Waals surface area contributed by atoms with Gasteiger partial charge in [-0.15, -0.1) is 0 Å². The molecule has 4 N–H and O–H groups in total. The van der Waals surface area contributed by atoms with Gasteiger partial charge >= 0.3 is 0 Å². The second-order valence-corrected chi connectivity index (χ2v) is 5.86. The number of Topliss-reactive ketones (excluding diaryl/α,β-unsaturated/α-hetero) is 1. The number of nitrogens with zero attached hydrogens (tertiary/aromatic N) is 1. The molecule has 1 heterocycles. The van der Waals surface area contributed by atoms with Gasteiger partial charge in [0.1, 0.15) is 18.9 Å². The van der Waals surface area contributed by atoms with Crippen molar-refractivity contribution < 1.29 is 19.2 Å². The van der Waals surface area contributed by atoms with E-state index in [1.165, 1.54) is 0 Å². The zero-order valence-corrected chi connectivity index (χ0v) is 12.4. The summed E-state index contributed by atoms with van der Waals surface area (Å²) in [5.74, 6) is 0.218. The fourth-order valence-corrected chi connectivity index (χ4v) is 2.77. The van der Waals surface area contributed by atoms with E-state index >= 15 is 0 Å². The Hall–Kier alpha value is -0.980. The molecule has 0 aromatic heterocycles. The van der Waals surface area contributed by atoms with Gasteiger partial charge in [0.15, 0.2) is 6.10 Å². The van der Waals surface area contributed by atoms with Crippen LogP contribution >= 0.6 is 0 Å². The molecule has 1 rings (SSSR count). The van der Waals surface area contributed by atoms with E-state index in [9.17, 15) is 14.7 Å². The van der Waals surface area contributed by atoms with Gasteiger partial charge in [0.2, 0.25) is 5.91 Å². The number of rotatable bonds is 10. The van der Waals surface area contributed by atoms with E-state index in [0.717, 1.165) is 43.5 Å². The minimum absolute atomic E-state index is 0.0422. The van der Waals surface area contributed by atoms with Crippen LogP contribution in [0.15, 0.2) is 0 Å². The summed E-state index contributed by atoms with van der Waals surface area (Å²) >= 11 is 0. The summed E-state index contributed by atoms with van der Waals surface area (Å²) in [6.45, 7) is 5.96. The molecular formula is C14H28N3O3+. The number of carbonyl (C=O) groups is 2. The van der Waals surface area contributed by atoms with E-state index in [1.807, 2.05) is 0 Å². The average Bonchev–Trinajstić information content (AvgIpc) is 2.33. The minimum atomic E-state index is -0.219. The van der Waals surface area contributed by atoms with Gasteiger partial charge in [0.05, 0.1) is 19.6 Å². The molecule has 1 saturated heterocycles. The van der Waals surface area contributed by atoms with E-state index in [0.29, 0.717) is 25.9 Å². The van der Waals surface area contributed by atoms with Gasteiger partial charge in [-0.1, -0.05) is 0 Å². The number of ketones is 1. The number of hydrogen-bond acceptors (Lipinski definition) is 4. The zero-order valence-electron chi connectivity index (χ0n) is 12.4. The Morgan fingerprint density at radius 2 is 1.90 bits per heavy atom. The number of aliphatic hydroxyl groups is 1. The van der Waals surface area contributed by atoms with Gasteiger partial charge in [-0.3, -0.25) is 4.79 Å². The maximum atomic E-state index is 11.6. The molecule has 0 aromatic carbocycles. The summed E-state index contributed by atoms with van der Waals surface area (Å²) in [6, 6.07) is 0. The quantitative estimate of drug-likeness (QED) is 0.369. The normalized spacial score (nSPS) is 25.1. The van der Waals surface area contributed by atoms with E-state index in [2.05, 4.69) is 5.32 Å². The fourth-order valence-electron chi connectivity index (χ4n) is 2.77. The molecule has 116 valence electrons. The molecule has 0 radical (unpaired) electrons. The molecule has 1 fully saturated rings. The van der Waals surface area contributed by atoms with Crippen molar-refractivity contribution in [1.82, 2.24) is 5.32 Å². The van der Waals surface area contributed by atoms with Gasteiger partial charge in [-0.25, -0.2) is 0 Å². The largest absolute Gasteiger partial charge is 0.382 e. The third kappa shape index (κ3) is 5.98. The molecule has 0 spiro atoms. The van der Waals surface area contributed by atoms with Gasteiger partial charge in [-0.05, 0) is 19.8 Å². The highest BCUT2D eigenvalue weighted by atomic mass is 16.3. The maximum Gasteiger partial charge on any atom is 0.220 e. The number of amides is 1. The van der Waals surface area contributed by atoms with Gasteiger partial charge in [0.25, 0.3) is 0 Å². The lowest BCUT2D eigenvalue weighted by atomic mass is 10.1. The molecule has 6 heteroatoms. The zero-order chi connectivity index (χ0) is 15.0. The van der Waals surface area contributed by atoms with E-state index < -0.39 is 0 Å². The molecule has 6 nitrogen and oxygen atoms in total. The Bertz CT molecular complexity index is 322. The average molecular weight is 286 g/mol. The van der Waals surface area contributed by atoms with Crippen molar-refractivity contribution in [2.24, 2.45) is 5.73 Å². The van der Waals surface area contributed by atoms with E-state index in [4.69, 9.17) is 5.73 Å². The maximum absolute atomic E-state index is 11.6. The van der Waals surface area contributed by atoms with Crippen molar-refractivity contribution >= 4 is 11.7 Å². The highest BCUT2D eigenvalue weighted by Crippen LogP contribution is 2.19. The number of nitrogens with one attached hydrogen (secondary N) is 1. The number of nitrogens with two attached hydrogens (primary N) is 1. The van der Waals surface area contributed by atoms with Crippen molar-refractivity contribution in [2.75, 3.05) is 39.3 Å². The lowest BCUT2D eigenvalue weighted by Crippen LogP contribution is -2.69. The lowest BCUT2D eigenvalue weighted by Gasteiger charge is -2.48. The third-order valence-corrected chi connectivity index (χ3v) is 3.89. The monoisotopic (exact) mass is 286 g/mol. The van der Waals surface area contributed by atoms with Crippen LogP contribution in [-0.4, -0.2) is 66.7 Å². The van der Waals surface area contributed by atoms with Gasteiger partial charge < -0.3 is 25.4 Å². The highest BCUT2D eigenvalue weighted by molar-refractivity contribution is 5.76. The van der Waals surface area contributed by atoms with E-state index in [-0.39, 0.29) is 17.8 Å². The first kappa shape index (κ1) is 17.1. The third-order valence-electron chi connectivity index (χ3n) is 3.89. The molecule has 0 bridgehead atoms. The summed E-state index contributed by atoms with van der Waals surface area (Å²) in [5.41, 5.74) is 5.59. The van der Waals surface area contributed by atoms with Crippen molar-refractivity contribution in [3.63, 3.8) is 0 Å². The SMILES string of the molecule is CC(=O)CCCCC(=O)NCC[N+]1(CCN)CC(O)C1. The standard InChI is InChI=1S/C14H27N3O3/c1-12(18)4-2-3-5-14(20)16-7-9-17(8-6-15)10-13(19)11-17/h13,19H,2-11,15H2,1H3/p+1. The molecule has 1 amide bonds. The molecule has 0 aliphatic carbocycles. The predicted molar refractivity (Wildman–Crippen MR) is 76.9 cm³/mol. The molecule has 0 unspecified atom stereocenters. The Morgan fingerprint density at radius 1 is 1.25 bits per heavy atom. The van der Waals surface area contributed by atoms with Crippen molar-refractivity contribution in [1.29, 1.82) is 0 Å². The number of carbonyl (C=O) groups excluding carboxylic acids is 2. The highest BCUT2D eigenvalue weighted by Gasteiger charge is 2.41. The number of quaternary nitrogens is 1. The predicted octanol–water partition coefficient (Wildman–Crippen LogP) is -0.598. The summed E-state index contributed by atoms with van der Waals surface area (Å²) in [6.07, 6.45) is 2.35. The van der Waals surface area contributed by atoms with Gasteiger partial charge in [-0.2, -0.15) is 0 Å². The topological polar surface area (TPSA) is 92.4 Å². The van der Waals surface area contributed by atoms with Crippen molar-refractivity contribution in [3.8, 4) is 0 Å². The van der Waals surface area contributed by atoms with Crippen LogP contribution in [0.1, 0.15) is 32.6 Å². The van der Waals surface area contributed by atoms with Crippen LogP contribution in [-0.2, 0) is 9.59 Å². The summed E-state index contributed by atoms with van der Waals surface area (Å²) in [5, 5.41) is 12.3. The molecule has 20 heavy (non-hydrogen) atoms. The number of unbranched alkanes of at least 4 members (excludes halogenated alkanes) is 1. The summed E-state index contributed by atoms with van der Waals surface area (Å²) in [4.78, 5) is 22.4. The second-order valence-electron chi connectivity index (χ2n) is 5.86. The van der Waals surface area contributed by atoms with Gasteiger partial charge in [0, 0.05) is 19.4 Å². The first-order valence-electron chi connectivity index (χ1n) is 7.47. The second kappa shape index (κ2) is 8.34. The van der Waals surface area contributed by atoms with Crippen LogP contribution < -0.4 is 11.1 Å². The smallest absolute Gasteiger partial charge is 0.220 e. The number of hydrogen-bond donors (Lipinski definition) is 3. The van der Waals surface area contributed by atoms with E-state index in [1.54, 1.807) is 6.92 Å². The van der Waals surface area contributed by atoms with Crippen LogP contribution in [0.3, 0.4) is 0 Å². The van der Waals surface area contributed by atoms with Crippen LogP contribution in [0, 0.1) is 0 Å². The summed E-state index contributed by atoms with van der Waals surface area (Å²) in [7, 11) is 0. The van der Waals surface area contributed by atoms with Crippen LogP contribution in [0.25, 0.3) is 0 Å². The fraction of sp³-hybridized carbons (Fsp3) is 0.857. The summed E-state index contributed by atoms with van der Waals surface area (Å²) < 4.78 is 0.808. The Kier molecular flexibility index (Phi) is 7.12. The number of aliphatic hydroxyl groups excluding tert-OH is 1. The lowest BCUT2D eigenvalue weighted by molar-refractivity contribution is -0.970. The molecule has 1 aliphatic heterocycles. The first-order chi connectivity index (χ1) is 9.47. The molecule has 0 atom stereocenters. The van der Waals surface area contributed by atoms with Crippen LogP contribution in [0.4, 0.5) is 0 Å². The van der Waals surface area contributed by atoms with Crippen molar-refractivity contribution in [3.05, 3.63) is 0 Å². The first-order valence-corrected chi connectivity index (χ1v) is 7.47. The molecular weight excluding hydrogens is 258 g/mol. The van der Waals surface area contributed by atoms with Crippen LogP contribution in [0.5, 0.6) is 0 Å². The Morgan fingerprint density at radius 3 is 2.45 bits per heavy atom. The molecule has 0 saturated carbocycles.